The largest absolute Gasteiger partial charge is 0.330 e. The molecule has 0 aliphatic carbocycles. The first-order valence-electron chi connectivity index (χ1n) is 6.10. The van der Waals surface area contributed by atoms with Gasteiger partial charge < -0.3 is 22.1 Å². The molecule has 1 aliphatic heterocycles. The molecule has 1 saturated heterocycles. The van der Waals surface area contributed by atoms with Crippen molar-refractivity contribution in [3.05, 3.63) is 0 Å². The van der Waals surface area contributed by atoms with Gasteiger partial charge in [-0.2, -0.15) is 0 Å². The molecule has 0 aromatic rings. The third kappa shape index (κ3) is 10.1. The Bertz CT molecular complexity index is 106. The van der Waals surface area contributed by atoms with E-state index in [0.717, 1.165) is 32.0 Å². The number of piperidine rings is 1. The topological polar surface area (TPSA) is 76.1 Å². The Morgan fingerprint density at radius 3 is 2.27 bits per heavy atom. The van der Waals surface area contributed by atoms with Gasteiger partial charge in [-0.05, 0) is 71.4 Å². The molecule has 6 N–H and O–H groups in total. The minimum Gasteiger partial charge on any atom is -0.330 e. The van der Waals surface area contributed by atoms with Crippen LogP contribution in [0.5, 0.6) is 0 Å². The zero-order valence-corrected chi connectivity index (χ0v) is 10.1. The van der Waals surface area contributed by atoms with Crippen LogP contribution in [0.15, 0.2) is 0 Å². The van der Waals surface area contributed by atoms with Gasteiger partial charge in [-0.15, -0.1) is 0 Å². The average molecular weight is 216 g/mol. The van der Waals surface area contributed by atoms with Gasteiger partial charge in [0.2, 0.25) is 0 Å². The fourth-order valence-corrected chi connectivity index (χ4v) is 1.68. The molecule has 1 fully saturated rings. The zero-order valence-electron chi connectivity index (χ0n) is 10.1. The van der Waals surface area contributed by atoms with E-state index in [1.165, 1.54) is 32.4 Å². The SMILES string of the molecule is CNCCCN.NCCC1CCNCC1. The molecule has 92 valence electrons. The maximum atomic E-state index is 5.44. The lowest BCUT2D eigenvalue weighted by Crippen LogP contribution is -2.28. The fraction of sp³-hybridized carbons (Fsp3) is 1.00. The number of hydrogen-bond donors (Lipinski definition) is 4. The van der Waals surface area contributed by atoms with Crippen molar-refractivity contribution < 1.29 is 0 Å². The molecule has 0 atom stereocenters. The molecule has 1 rings (SSSR count). The summed E-state index contributed by atoms with van der Waals surface area (Å²) < 4.78 is 0. The molecule has 0 saturated carbocycles. The Balaban J connectivity index is 0.000000288. The molecule has 0 bridgehead atoms. The number of hydrogen-bond acceptors (Lipinski definition) is 4. The van der Waals surface area contributed by atoms with Crippen molar-refractivity contribution in [3.8, 4) is 0 Å². The van der Waals surface area contributed by atoms with E-state index in [1.807, 2.05) is 7.05 Å². The predicted molar refractivity (Wildman–Crippen MR) is 66.9 cm³/mol. The summed E-state index contributed by atoms with van der Waals surface area (Å²) in [6.45, 7) is 5.09. The highest BCUT2D eigenvalue weighted by molar-refractivity contribution is 4.68. The first-order chi connectivity index (χ1) is 7.35. The molecule has 0 radical (unpaired) electrons. The van der Waals surface area contributed by atoms with E-state index in [-0.39, 0.29) is 0 Å². The highest BCUT2D eigenvalue weighted by Gasteiger charge is 2.10. The van der Waals surface area contributed by atoms with Gasteiger partial charge in [0.15, 0.2) is 0 Å². The van der Waals surface area contributed by atoms with Gasteiger partial charge in [-0.1, -0.05) is 0 Å². The van der Waals surface area contributed by atoms with E-state index in [4.69, 9.17) is 11.5 Å². The predicted octanol–water partition coefficient (Wildman–Crippen LogP) is -0.111. The molecular weight excluding hydrogens is 188 g/mol. The van der Waals surface area contributed by atoms with Gasteiger partial charge in [-0.25, -0.2) is 0 Å². The van der Waals surface area contributed by atoms with Crippen LogP contribution < -0.4 is 22.1 Å². The van der Waals surface area contributed by atoms with E-state index < -0.39 is 0 Å². The molecule has 1 heterocycles. The maximum absolute atomic E-state index is 5.44. The summed E-state index contributed by atoms with van der Waals surface area (Å²) in [4.78, 5) is 0. The second kappa shape index (κ2) is 11.9. The lowest BCUT2D eigenvalue weighted by molar-refractivity contribution is 0.358. The van der Waals surface area contributed by atoms with Crippen LogP contribution in [0.25, 0.3) is 0 Å². The van der Waals surface area contributed by atoms with Crippen LogP contribution in [0.3, 0.4) is 0 Å². The second-order valence-corrected chi connectivity index (χ2v) is 4.02. The summed E-state index contributed by atoms with van der Waals surface area (Å²) in [6, 6.07) is 0. The molecule has 4 nitrogen and oxygen atoms in total. The summed E-state index contributed by atoms with van der Waals surface area (Å²) >= 11 is 0. The second-order valence-electron chi connectivity index (χ2n) is 4.02. The van der Waals surface area contributed by atoms with E-state index in [9.17, 15) is 0 Å². The van der Waals surface area contributed by atoms with Crippen molar-refractivity contribution in [1.29, 1.82) is 0 Å². The van der Waals surface area contributed by atoms with Crippen molar-refractivity contribution in [2.24, 2.45) is 17.4 Å². The molecule has 0 spiro atoms. The maximum Gasteiger partial charge on any atom is -0.00399 e. The molecule has 0 aromatic heterocycles. The third-order valence-electron chi connectivity index (χ3n) is 2.66. The van der Waals surface area contributed by atoms with Gasteiger partial charge in [0.1, 0.15) is 0 Å². The van der Waals surface area contributed by atoms with Crippen LogP contribution in [0.1, 0.15) is 25.7 Å². The van der Waals surface area contributed by atoms with Gasteiger partial charge in [0, 0.05) is 0 Å². The molecule has 1 aliphatic rings. The van der Waals surface area contributed by atoms with Crippen molar-refractivity contribution in [1.82, 2.24) is 10.6 Å². The molecule has 0 amide bonds. The first-order valence-corrected chi connectivity index (χ1v) is 6.10. The Morgan fingerprint density at radius 1 is 1.20 bits per heavy atom. The highest BCUT2D eigenvalue weighted by Crippen LogP contribution is 2.13. The normalized spacial score (nSPS) is 17.0. The van der Waals surface area contributed by atoms with Gasteiger partial charge >= 0.3 is 0 Å². The van der Waals surface area contributed by atoms with Crippen LogP contribution in [-0.4, -0.2) is 39.8 Å². The number of nitrogens with one attached hydrogen (secondary N) is 2. The van der Waals surface area contributed by atoms with Gasteiger partial charge in [0.25, 0.3) is 0 Å². The van der Waals surface area contributed by atoms with Crippen LogP contribution in [0.4, 0.5) is 0 Å². The summed E-state index contributed by atoms with van der Waals surface area (Å²) in [5.41, 5.74) is 10.6. The van der Waals surface area contributed by atoms with E-state index in [2.05, 4.69) is 10.6 Å². The van der Waals surface area contributed by atoms with Crippen molar-refractivity contribution in [2.45, 2.75) is 25.7 Å². The monoisotopic (exact) mass is 216 g/mol. The van der Waals surface area contributed by atoms with E-state index in [0.29, 0.717) is 0 Å². The summed E-state index contributed by atoms with van der Waals surface area (Å²) in [5.74, 6) is 0.913. The van der Waals surface area contributed by atoms with Crippen LogP contribution >= 0.6 is 0 Å². The average Bonchev–Trinajstić information content (AvgIpc) is 2.29. The van der Waals surface area contributed by atoms with Crippen molar-refractivity contribution in [2.75, 3.05) is 39.8 Å². The standard InChI is InChI=1S/C7H16N2.C4H12N2/c8-4-1-7-2-5-9-6-3-7;1-6-4-2-3-5/h7,9H,1-6,8H2;6H,2-5H2,1H3. The third-order valence-corrected chi connectivity index (χ3v) is 2.66. The van der Waals surface area contributed by atoms with Crippen LogP contribution in [0.2, 0.25) is 0 Å². The molecule has 4 heteroatoms. The summed E-state index contributed by atoms with van der Waals surface area (Å²) in [5, 5.41) is 6.32. The summed E-state index contributed by atoms with van der Waals surface area (Å²) in [7, 11) is 1.93. The number of nitrogens with two attached hydrogens (primary N) is 2. The molecule has 0 unspecified atom stereocenters. The Morgan fingerprint density at radius 2 is 1.87 bits per heavy atom. The van der Waals surface area contributed by atoms with E-state index in [1.54, 1.807) is 0 Å². The van der Waals surface area contributed by atoms with Gasteiger partial charge in [-0.3, -0.25) is 0 Å². The smallest absolute Gasteiger partial charge is 0.00399 e. The summed E-state index contributed by atoms with van der Waals surface area (Å²) in [6.07, 6.45) is 4.96. The fourth-order valence-electron chi connectivity index (χ4n) is 1.68. The van der Waals surface area contributed by atoms with Crippen molar-refractivity contribution in [3.63, 3.8) is 0 Å². The van der Waals surface area contributed by atoms with E-state index >= 15 is 0 Å². The zero-order chi connectivity index (χ0) is 11.4. The lowest BCUT2D eigenvalue weighted by Gasteiger charge is -2.21. The van der Waals surface area contributed by atoms with Crippen molar-refractivity contribution >= 4 is 0 Å². The Kier molecular flexibility index (Phi) is 11.8. The quantitative estimate of drug-likeness (QED) is 0.484. The minimum absolute atomic E-state index is 0.792. The van der Waals surface area contributed by atoms with Gasteiger partial charge in [0.05, 0.1) is 0 Å². The lowest BCUT2D eigenvalue weighted by atomic mass is 9.95. The highest BCUT2D eigenvalue weighted by atomic mass is 14.9. The number of rotatable bonds is 5. The van der Waals surface area contributed by atoms with Crippen LogP contribution in [0, 0.1) is 5.92 Å². The Labute approximate surface area is 94.2 Å². The molecule has 0 aromatic carbocycles. The minimum atomic E-state index is 0.792. The first kappa shape index (κ1) is 14.8. The Hall–Kier alpha value is -0.160. The van der Waals surface area contributed by atoms with Crippen LogP contribution in [-0.2, 0) is 0 Å². The molecule has 15 heavy (non-hydrogen) atoms. The molecular formula is C11H28N4.